The summed E-state index contributed by atoms with van der Waals surface area (Å²) < 4.78 is 1.54. The van der Waals surface area contributed by atoms with Crippen LogP contribution in [0.25, 0.3) is 0 Å². The summed E-state index contributed by atoms with van der Waals surface area (Å²) in [6.07, 6.45) is 3.01. The van der Waals surface area contributed by atoms with Gasteiger partial charge in [0.1, 0.15) is 0 Å². The molecule has 1 aromatic heterocycles. The maximum Gasteiger partial charge on any atom is 0.343 e. The van der Waals surface area contributed by atoms with Crippen LogP contribution in [0, 0.1) is 0 Å². The maximum atomic E-state index is 13.0. The second-order valence-electron chi connectivity index (χ2n) is 6.37. The molecule has 2 aromatic rings. The van der Waals surface area contributed by atoms with Gasteiger partial charge in [-0.3, -0.25) is 19.1 Å². The Kier molecular flexibility index (Phi) is 6.38. The summed E-state index contributed by atoms with van der Waals surface area (Å²) in [5, 5.41) is 7.06. The number of benzene rings is 1. The molecule has 0 spiro atoms. The molecular weight excluding hydrogens is 388 g/mol. The molecule has 1 N–H and O–H groups in total. The molecule has 0 unspecified atom stereocenters. The summed E-state index contributed by atoms with van der Waals surface area (Å²) in [6.45, 7) is 2.89. The van der Waals surface area contributed by atoms with E-state index in [1.807, 2.05) is 6.92 Å². The van der Waals surface area contributed by atoms with Crippen LogP contribution in [0.5, 0.6) is 0 Å². The van der Waals surface area contributed by atoms with Gasteiger partial charge in [0.2, 0.25) is 5.91 Å². The molecule has 3 rings (SSSR count). The Labute approximate surface area is 166 Å². The van der Waals surface area contributed by atoms with Crippen molar-refractivity contribution in [3.8, 4) is 0 Å². The molecule has 27 heavy (non-hydrogen) atoms. The number of likely N-dealkylation sites (tertiary alicyclic amines) is 1. The number of thioether (sulfide) groups is 1. The van der Waals surface area contributed by atoms with Gasteiger partial charge in [-0.15, -0.1) is 5.10 Å². The number of nitrogens with one attached hydrogen (secondary N) is 1. The van der Waals surface area contributed by atoms with Gasteiger partial charge in [0.15, 0.2) is 5.16 Å². The number of aromatic amines is 1. The minimum absolute atomic E-state index is 0.240. The number of hydrogen-bond donors (Lipinski definition) is 1. The summed E-state index contributed by atoms with van der Waals surface area (Å²) in [5.41, 5.74) is 0.149. The van der Waals surface area contributed by atoms with Crippen molar-refractivity contribution in [2.45, 2.75) is 49.6 Å². The highest BCUT2D eigenvalue weighted by Gasteiger charge is 2.33. The van der Waals surface area contributed by atoms with Gasteiger partial charge < -0.3 is 0 Å². The number of H-pyrrole nitrogens is 1. The molecule has 0 saturated carbocycles. The molecule has 9 heteroatoms. The van der Waals surface area contributed by atoms with Crippen LogP contribution < -0.4 is 5.69 Å². The molecule has 1 fully saturated rings. The Balaban J connectivity index is 1.81. The van der Waals surface area contributed by atoms with Gasteiger partial charge in [-0.1, -0.05) is 36.7 Å². The fourth-order valence-electron chi connectivity index (χ4n) is 3.01. The van der Waals surface area contributed by atoms with E-state index in [0.29, 0.717) is 35.3 Å². The first kappa shape index (κ1) is 19.7. The van der Waals surface area contributed by atoms with E-state index in [2.05, 4.69) is 10.2 Å². The van der Waals surface area contributed by atoms with Crippen LogP contribution in [0.15, 0.2) is 34.2 Å². The van der Waals surface area contributed by atoms with Crippen molar-refractivity contribution in [2.24, 2.45) is 0 Å². The number of aromatic nitrogens is 3. The standard InChI is InChI=1S/C18H21ClN4O3S/c1-2-10-23-17(26)20-21-18(23)27-14-5-3-4-11-22(16(14)25)15(24)12-6-8-13(19)9-7-12/h6-9,14H,2-5,10-11H2,1H3,(H,20,26)/t14-/m1/s1. The Hall–Kier alpha value is -2.06. The third-order valence-electron chi connectivity index (χ3n) is 4.39. The quantitative estimate of drug-likeness (QED) is 0.768. The van der Waals surface area contributed by atoms with Crippen LogP contribution in [-0.2, 0) is 11.3 Å². The molecule has 2 amide bonds. The van der Waals surface area contributed by atoms with Crippen molar-refractivity contribution in [3.63, 3.8) is 0 Å². The van der Waals surface area contributed by atoms with Gasteiger partial charge >= 0.3 is 5.69 Å². The smallest absolute Gasteiger partial charge is 0.278 e. The number of rotatable bonds is 5. The number of halogens is 1. The van der Waals surface area contributed by atoms with E-state index in [9.17, 15) is 14.4 Å². The summed E-state index contributed by atoms with van der Waals surface area (Å²) in [5.74, 6) is -0.562. The van der Waals surface area contributed by atoms with E-state index >= 15 is 0 Å². The molecule has 144 valence electrons. The lowest BCUT2D eigenvalue weighted by atomic mass is 10.2. The molecule has 0 bridgehead atoms. The third-order valence-corrected chi connectivity index (χ3v) is 5.89. The summed E-state index contributed by atoms with van der Waals surface area (Å²) in [4.78, 5) is 39.0. The highest BCUT2D eigenvalue weighted by atomic mass is 35.5. The molecule has 1 aliphatic rings. The highest BCUT2D eigenvalue weighted by Crippen LogP contribution is 2.29. The topological polar surface area (TPSA) is 88.1 Å². The summed E-state index contributed by atoms with van der Waals surface area (Å²) in [6, 6.07) is 6.52. The zero-order valence-electron chi connectivity index (χ0n) is 15.0. The summed E-state index contributed by atoms with van der Waals surface area (Å²) in [7, 11) is 0. The van der Waals surface area contributed by atoms with Crippen LogP contribution in [0.4, 0.5) is 0 Å². The molecule has 1 atom stereocenters. The Morgan fingerprint density at radius 2 is 2.04 bits per heavy atom. The van der Waals surface area contributed by atoms with Crippen molar-refractivity contribution >= 4 is 35.2 Å². The van der Waals surface area contributed by atoms with Gasteiger partial charge in [0.25, 0.3) is 5.91 Å². The highest BCUT2D eigenvalue weighted by molar-refractivity contribution is 8.00. The van der Waals surface area contributed by atoms with E-state index in [4.69, 9.17) is 11.6 Å². The van der Waals surface area contributed by atoms with Crippen molar-refractivity contribution in [1.82, 2.24) is 19.7 Å². The first-order valence-corrected chi connectivity index (χ1v) is 10.2. The molecule has 2 heterocycles. The second-order valence-corrected chi connectivity index (χ2v) is 7.97. The van der Waals surface area contributed by atoms with Crippen molar-refractivity contribution in [1.29, 1.82) is 0 Å². The van der Waals surface area contributed by atoms with Crippen LogP contribution in [0.2, 0.25) is 5.02 Å². The van der Waals surface area contributed by atoms with Crippen molar-refractivity contribution < 1.29 is 9.59 Å². The van der Waals surface area contributed by atoms with Gasteiger partial charge in [-0.25, -0.2) is 9.89 Å². The first-order chi connectivity index (χ1) is 13.0. The summed E-state index contributed by atoms with van der Waals surface area (Å²) >= 11 is 7.13. The van der Waals surface area contributed by atoms with Crippen LogP contribution in [0.1, 0.15) is 43.0 Å². The lowest BCUT2D eigenvalue weighted by molar-refractivity contribution is -0.127. The molecule has 1 saturated heterocycles. The van der Waals surface area contributed by atoms with E-state index < -0.39 is 5.25 Å². The predicted octanol–water partition coefficient (Wildman–Crippen LogP) is 2.95. The first-order valence-electron chi connectivity index (χ1n) is 8.94. The van der Waals surface area contributed by atoms with Crippen LogP contribution >= 0.6 is 23.4 Å². The molecule has 0 radical (unpaired) electrons. The largest absolute Gasteiger partial charge is 0.343 e. The minimum atomic E-state index is -0.449. The third kappa shape index (κ3) is 4.44. The number of carbonyl (C=O) groups is 2. The van der Waals surface area contributed by atoms with Gasteiger partial charge in [0.05, 0.1) is 5.25 Å². The monoisotopic (exact) mass is 408 g/mol. The molecule has 1 aliphatic heterocycles. The lowest BCUT2D eigenvalue weighted by Crippen LogP contribution is -2.41. The SMILES string of the molecule is CCCn1c(S[C@@H]2CCCCN(C(=O)c3ccc(Cl)cc3)C2=O)n[nH]c1=O. The average molecular weight is 409 g/mol. The van der Waals surface area contributed by atoms with Gasteiger partial charge in [-0.2, -0.15) is 0 Å². The Morgan fingerprint density at radius 1 is 1.30 bits per heavy atom. The molecule has 7 nitrogen and oxygen atoms in total. The minimum Gasteiger partial charge on any atom is -0.278 e. The van der Waals surface area contributed by atoms with E-state index in [1.54, 1.807) is 24.3 Å². The molecule has 0 aliphatic carbocycles. The maximum absolute atomic E-state index is 13.0. The zero-order chi connectivity index (χ0) is 19.4. The average Bonchev–Trinajstić information content (AvgIpc) is 2.89. The van der Waals surface area contributed by atoms with E-state index in [1.165, 1.54) is 21.2 Å². The Bertz CT molecular complexity index is 877. The number of hydrogen-bond acceptors (Lipinski definition) is 5. The zero-order valence-corrected chi connectivity index (χ0v) is 16.6. The number of amides is 2. The molecule has 1 aromatic carbocycles. The molecular formula is C18H21ClN4O3S. The predicted molar refractivity (Wildman–Crippen MR) is 104 cm³/mol. The van der Waals surface area contributed by atoms with Crippen molar-refractivity contribution in [3.05, 3.63) is 45.3 Å². The number of nitrogens with zero attached hydrogens (tertiary/aromatic N) is 3. The van der Waals surface area contributed by atoms with Gasteiger partial charge in [0, 0.05) is 23.7 Å². The Morgan fingerprint density at radius 3 is 2.74 bits per heavy atom. The van der Waals surface area contributed by atoms with Crippen LogP contribution in [-0.4, -0.2) is 43.3 Å². The second kappa shape index (κ2) is 8.75. The normalized spacial score (nSPS) is 17.8. The lowest BCUT2D eigenvalue weighted by Gasteiger charge is -2.22. The number of imide groups is 1. The van der Waals surface area contributed by atoms with E-state index in [0.717, 1.165) is 19.3 Å². The van der Waals surface area contributed by atoms with Crippen molar-refractivity contribution in [2.75, 3.05) is 6.54 Å². The fraction of sp³-hybridized carbons (Fsp3) is 0.444. The van der Waals surface area contributed by atoms with Crippen LogP contribution in [0.3, 0.4) is 0 Å². The van der Waals surface area contributed by atoms with Gasteiger partial charge in [-0.05, 0) is 43.5 Å². The number of carbonyl (C=O) groups excluding carboxylic acids is 2. The fourth-order valence-corrected chi connectivity index (χ4v) is 4.30. The van der Waals surface area contributed by atoms with E-state index in [-0.39, 0.29) is 17.5 Å².